The van der Waals surface area contributed by atoms with Crippen LogP contribution in [0.3, 0.4) is 0 Å². The Balaban J connectivity index is 2.70. The van der Waals surface area contributed by atoms with Crippen molar-refractivity contribution in [1.29, 1.82) is 0 Å². The highest BCUT2D eigenvalue weighted by Gasteiger charge is 2.13. The molecule has 0 N–H and O–H groups in total. The highest BCUT2D eigenvalue weighted by Crippen LogP contribution is 2.15. The largest absolute Gasteiger partial charge is 0.465 e. The van der Waals surface area contributed by atoms with Gasteiger partial charge in [-0.25, -0.2) is 0 Å². The number of rotatable bonds is 4. The molecule has 1 rings (SSSR count). The molecule has 0 spiro atoms. The maximum Gasteiger partial charge on any atom is 0.316 e. The molecule has 1 heterocycles. The van der Waals surface area contributed by atoms with Crippen LogP contribution in [0.4, 0.5) is 0 Å². The Morgan fingerprint density at radius 1 is 1.44 bits per heavy atom. The van der Waals surface area contributed by atoms with Gasteiger partial charge in [0.25, 0.3) is 0 Å². The van der Waals surface area contributed by atoms with Gasteiger partial charge in [-0.05, 0) is 31.2 Å². The van der Waals surface area contributed by atoms with Crippen molar-refractivity contribution in [2.24, 2.45) is 7.05 Å². The lowest BCUT2D eigenvalue weighted by Gasteiger charge is -2.04. The Morgan fingerprint density at radius 3 is 2.75 bits per heavy atom. The summed E-state index contributed by atoms with van der Waals surface area (Å²) in [7, 11) is 2.00. The van der Waals surface area contributed by atoms with Crippen LogP contribution in [0.1, 0.15) is 18.2 Å². The van der Waals surface area contributed by atoms with Crippen LogP contribution in [0, 0.1) is 13.8 Å². The van der Waals surface area contributed by atoms with Crippen molar-refractivity contribution in [3.8, 4) is 0 Å². The van der Waals surface area contributed by atoms with Crippen LogP contribution in [0.2, 0.25) is 0 Å². The summed E-state index contributed by atoms with van der Waals surface area (Å²) in [6.07, 6.45) is 0. The van der Waals surface area contributed by atoms with Crippen molar-refractivity contribution in [1.82, 2.24) is 0 Å². The fourth-order valence-electron chi connectivity index (χ4n) is 1.41. The molecule has 0 aliphatic carbocycles. The van der Waals surface area contributed by atoms with Gasteiger partial charge in [0, 0.05) is 19.1 Å². The Kier molecular flexibility index (Phi) is 4.80. The van der Waals surface area contributed by atoms with Crippen LogP contribution >= 0.6 is 11.8 Å². The molecular weight excluding hydrogens is 222 g/mol. The third-order valence-corrected chi connectivity index (χ3v) is 3.36. The smallest absolute Gasteiger partial charge is 0.316 e. The van der Waals surface area contributed by atoms with Crippen LogP contribution in [-0.2, 0) is 16.6 Å². The highest BCUT2D eigenvalue weighted by molar-refractivity contribution is 7.99. The Morgan fingerprint density at radius 2 is 2.12 bits per heavy atom. The number of nitrogens with zero attached hydrogens (tertiary/aromatic N) is 1. The molecule has 0 bridgehead atoms. The van der Waals surface area contributed by atoms with E-state index in [1.807, 2.05) is 14.0 Å². The van der Waals surface area contributed by atoms with Gasteiger partial charge in [0.05, 0.1) is 6.61 Å². The van der Waals surface area contributed by atoms with Gasteiger partial charge in [0.2, 0.25) is 5.03 Å². The Hall–Kier alpha value is -1.03. The molecule has 0 aromatic carbocycles. The summed E-state index contributed by atoms with van der Waals surface area (Å²) in [6.45, 7) is 6.38. The van der Waals surface area contributed by atoms with E-state index in [1.165, 1.54) is 23.0 Å². The molecule has 0 saturated carbocycles. The molecule has 0 atom stereocenters. The molecule has 0 aliphatic heterocycles. The van der Waals surface area contributed by atoms with Gasteiger partial charge in [0.15, 0.2) is 5.69 Å². The maximum atomic E-state index is 11.2. The van der Waals surface area contributed by atoms with Gasteiger partial charge in [0.1, 0.15) is 12.8 Å². The van der Waals surface area contributed by atoms with E-state index in [0.717, 1.165) is 5.03 Å². The van der Waals surface area contributed by atoms with Crippen molar-refractivity contribution in [2.75, 3.05) is 12.4 Å². The summed E-state index contributed by atoms with van der Waals surface area (Å²) >= 11 is 1.51. The van der Waals surface area contributed by atoms with Gasteiger partial charge in [-0.1, -0.05) is 0 Å². The van der Waals surface area contributed by atoms with E-state index in [-0.39, 0.29) is 5.97 Å². The number of ether oxygens (including phenoxy) is 1. The highest BCUT2D eigenvalue weighted by atomic mass is 32.2. The number of esters is 1. The molecule has 0 saturated heterocycles. The second-order valence-corrected chi connectivity index (χ2v) is 4.66. The number of hydrogen-bond acceptors (Lipinski definition) is 3. The molecular formula is C12H18NO2S+. The number of pyridine rings is 1. The predicted molar refractivity (Wildman–Crippen MR) is 64.4 cm³/mol. The molecule has 0 amide bonds. The minimum absolute atomic E-state index is 0.161. The van der Waals surface area contributed by atoms with Crippen molar-refractivity contribution in [3.63, 3.8) is 0 Å². The fraction of sp³-hybridized carbons (Fsp3) is 0.500. The SMILES string of the molecule is CCOC(=O)CSc1cc(C)cc(C)[n+]1C. The zero-order valence-electron chi connectivity index (χ0n) is 10.2. The van der Waals surface area contributed by atoms with E-state index in [4.69, 9.17) is 4.74 Å². The molecule has 88 valence electrons. The zero-order chi connectivity index (χ0) is 12.1. The molecule has 1 aromatic rings. The molecule has 0 aliphatic rings. The van der Waals surface area contributed by atoms with Gasteiger partial charge in [-0.2, -0.15) is 4.57 Å². The standard InChI is InChI=1S/C12H18NO2S/c1-5-15-12(14)8-16-11-7-9(2)6-10(3)13(11)4/h6-7H,5,8H2,1-4H3/q+1. The molecule has 0 radical (unpaired) electrons. The van der Waals surface area contributed by atoms with Crippen LogP contribution in [-0.4, -0.2) is 18.3 Å². The number of carbonyl (C=O) groups excluding carboxylic acids is 1. The quantitative estimate of drug-likeness (QED) is 0.456. The first kappa shape index (κ1) is 13.0. The van der Waals surface area contributed by atoms with E-state index in [0.29, 0.717) is 12.4 Å². The Bertz CT molecular complexity index is 391. The molecule has 0 fully saturated rings. The number of aromatic nitrogens is 1. The van der Waals surface area contributed by atoms with E-state index in [2.05, 4.69) is 30.5 Å². The summed E-state index contributed by atoms with van der Waals surface area (Å²) in [4.78, 5) is 11.2. The number of aryl methyl sites for hydroxylation is 2. The lowest BCUT2D eigenvalue weighted by Crippen LogP contribution is -2.35. The van der Waals surface area contributed by atoms with Crippen LogP contribution in [0.5, 0.6) is 0 Å². The zero-order valence-corrected chi connectivity index (χ0v) is 11.1. The first-order valence-electron chi connectivity index (χ1n) is 5.30. The monoisotopic (exact) mass is 240 g/mol. The minimum atomic E-state index is -0.161. The van der Waals surface area contributed by atoms with Gasteiger partial charge < -0.3 is 4.74 Å². The summed E-state index contributed by atoms with van der Waals surface area (Å²) in [5.41, 5.74) is 2.40. The first-order valence-corrected chi connectivity index (χ1v) is 6.29. The number of hydrogen-bond donors (Lipinski definition) is 0. The van der Waals surface area contributed by atoms with Gasteiger partial charge >= 0.3 is 5.97 Å². The Labute approximate surface area is 101 Å². The second-order valence-electron chi connectivity index (χ2n) is 3.67. The van der Waals surface area contributed by atoms with Crippen molar-refractivity contribution < 1.29 is 14.1 Å². The molecule has 16 heavy (non-hydrogen) atoms. The third kappa shape index (κ3) is 3.52. The third-order valence-electron chi connectivity index (χ3n) is 2.29. The van der Waals surface area contributed by atoms with Crippen molar-refractivity contribution in [2.45, 2.75) is 25.8 Å². The van der Waals surface area contributed by atoms with E-state index in [1.54, 1.807) is 0 Å². The van der Waals surface area contributed by atoms with Crippen LogP contribution in [0.15, 0.2) is 17.2 Å². The van der Waals surface area contributed by atoms with E-state index >= 15 is 0 Å². The summed E-state index contributed by atoms with van der Waals surface area (Å²) in [5.74, 6) is 0.205. The lowest BCUT2D eigenvalue weighted by molar-refractivity contribution is -0.714. The topological polar surface area (TPSA) is 30.2 Å². The van der Waals surface area contributed by atoms with Crippen molar-refractivity contribution >= 4 is 17.7 Å². The molecule has 0 unspecified atom stereocenters. The molecule has 4 heteroatoms. The number of thioether (sulfide) groups is 1. The van der Waals surface area contributed by atoms with Crippen LogP contribution in [0.25, 0.3) is 0 Å². The predicted octanol–water partition coefficient (Wildman–Crippen LogP) is 1.78. The van der Waals surface area contributed by atoms with E-state index in [9.17, 15) is 4.79 Å². The average molecular weight is 240 g/mol. The molecule has 1 aromatic heterocycles. The summed E-state index contributed by atoms with van der Waals surface area (Å²) in [5, 5.41) is 1.09. The van der Waals surface area contributed by atoms with Gasteiger partial charge in [-0.3, -0.25) is 4.79 Å². The normalized spacial score (nSPS) is 10.2. The lowest BCUT2D eigenvalue weighted by atomic mass is 10.2. The summed E-state index contributed by atoms with van der Waals surface area (Å²) < 4.78 is 6.98. The first-order chi connectivity index (χ1) is 7.54. The van der Waals surface area contributed by atoms with Gasteiger partial charge in [-0.15, -0.1) is 0 Å². The second kappa shape index (κ2) is 5.89. The van der Waals surface area contributed by atoms with Crippen LogP contribution < -0.4 is 4.57 Å². The summed E-state index contributed by atoms with van der Waals surface area (Å²) in [6, 6.07) is 4.20. The average Bonchev–Trinajstić information content (AvgIpc) is 2.21. The number of carbonyl (C=O) groups is 1. The maximum absolute atomic E-state index is 11.2. The van der Waals surface area contributed by atoms with E-state index < -0.39 is 0 Å². The van der Waals surface area contributed by atoms with Crippen molar-refractivity contribution in [3.05, 3.63) is 23.4 Å². The fourth-order valence-corrected chi connectivity index (χ4v) is 2.36. The minimum Gasteiger partial charge on any atom is -0.465 e. The molecule has 3 nitrogen and oxygen atoms in total.